The molecule has 1 aromatic heterocycles. The van der Waals surface area contributed by atoms with Gasteiger partial charge in [0.2, 0.25) is 5.91 Å². The van der Waals surface area contributed by atoms with Gasteiger partial charge in [-0.1, -0.05) is 0 Å². The van der Waals surface area contributed by atoms with E-state index in [0.29, 0.717) is 4.47 Å². The second-order valence-corrected chi connectivity index (χ2v) is 6.31. The van der Waals surface area contributed by atoms with Gasteiger partial charge in [0.25, 0.3) is 5.91 Å². The number of nitrogens with one attached hydrogen (secondary N) is 2. The molecule has 0 aliphatic rings. The van der Waals surface area contributed by atoms with Gasteiger partial charge in [-0.15, -0.1) is 0 Å². The molecular formula is C13H19BrN4O2. The predicted molar refractivity (Wildman–Crippen MR) is 81.2 cm³/mol. The number of hydrogen-bond donors (Lipinski definition) is 3. The first-order valence-electron chi connectivity index (χ1n) is 6.19. The fraction of sp³-hybridized carbons (Fsp3) is 0.462. The summed E-state index contributed by atoms with van der Waals surface area (Å²) in [6, 6.07) is 1.59. The highest BCUT2D eigenvalue weighted by Gasteiger charge is 2.15. The number of nitrogens with zero attached hydrogens (tertiary/aromatic N) is 1. The van der Waals surface area contributed by atoms with Crippen LogP contribution in [0.15, 0.2) is 16.7 Å². The van der Waals surface area contributed by atoms with Gasteiger partial charge >= 0.3 is 0 Å². The van der Waals surface area contributed by atoms with Gasteiger partial charge in [0.05, 0.1) is 5.56 Å². The minimum absolute atomic E-state index is 0.113. The Balaban J connectivity index is 2.48. The first kappa shape index (κ1) is 16.4. The number of halogens is 1. The van der Waals surface area contributed by atoms with E-state index in [2.05, 4.69) is 31.5 Å². The third-order valence-electron chi connectivity index (χ3n) is 2.28. The van der Waals surface area contributed by atoms with Gasteiger partial charge in [0, 0.05) is 29.2 Å². The molecule has 1 heterocycles. The molecule has 0 aliphatic carbocycles. The van der Waals surface area contributed by atoms with Crippen LogP contribution in [0.25, 0.3) is 0 Å². The third kappa shape index (κ3) is 5.56. The van der Waals surface area contributed by atoms with Gasteiger partial charge in [-0.2, -0.15) is 0 Å². The largest absolute Gasteiger partial charge is 0.383 e. The Morgan fingerprint density at radius 3 is 2.65 bits per heavy atom. The highest BCUT2D eigenvalue weighted by atomic mass is 79.9. The standard InChI is InChI=1S/C13H19BrN4O2/c1-13(2,3)18-10(19)4-5-16-12(20)9-6-8(14)7-17-11(9)15/h6-7H,4-5H2,1-3H3,(H2,15,17)(H,16,20)(H,18,19). The molecule has 4 N–H and O–H groups in total. The number of nitrogens with two attached hydrogens (primary N) is 1. The molecular weight excluding hydrogens is 324 g/mol. The molecule has 0 aliphatic heterocycles. The number of carbonyl (C=O) groups excluding carboxylic acids is 2. The zero-order valence-electron chi connectivity index (χ0n) is 11.8. The zero-order chi connectivity index (χ0) is 15.3. The van der Waals surface area contributed by atoms with Gasteiger partial charge in [-0.3, -0.25) is 9.59 Å². The van der Waals surface area contributed by atoms with Crippen molar-refractivity contribution in [3.8, 4) is 0 Å². The van der Waals surface area contributed by atoms with Gasteiger partial charge in [0.1, 0.15) is 5.82 Å². The number of hydrogen-bond acceptors (Lipinski definition) is 4. The van der Waals surface area contributed by atoms with Crippen molar-refractivity contribution in [3.63, 3.8) is 0 Å². The van der Waals surface area contributed by atoms with E-state index < -0.39 is 0 Å². The summed E-state index contributed by atoms with van der Waals surface area (Å²) in [7, 11) is 0. The fourth-order valence-corrected chi connectivity index (χ4v) is 1.83. The lowest BCUT2D eigenvalue weighted by Crippen LogP contribution is -2.42. The Morgan fingerprint density at radius 1 is 1.40 bits per heavy atom. The van der Waals surface area contributed by atoms with Crippen LogP contribution in [0.4, 0.5) is 5.82 Å². The number of amides is 2. The van der Waals surface area contributed by atoms with Crippen LogP contribution < -0.4 is 16.4 Å². The van der Waals surface area contributed by atoms with E-state index in [0.717, 1.165) is 0 Å². The third-order valence-corrected chi connectivity index (χ3v) is 2.72. The molecule has 110 valence electrons. The summed E-state index contributed by atoms with van der Waals surface area (Å²) >= 11 is 3.23. The quantitative estimate of drug-likeness (QED) is 0.771. The number of rotatable bonds is 4. The lowest BCUT2D eigenvalue weighted by Gasteiger charge is -2.20. The highest BCUT2D eigenvalue weighted by molar-refractivity contribution is 9.10. The number of nitrogen functional groups attached to an aromatic ring is 1. The molecule has 7 heteroatoms. The molecule has 1 aromatic rings. The van der Waals surface area contributed by atoms with E-state index in [9.17, 15) is 9.59 Å². The zero-order valence-corrected chi connectivity index (χ0v) is 13.4. The lowest BCUT2D eigenvalue weighted by atomic mass is 10.1. The fourth-order valence-electron chi connectivity index (χ4n) is 1.50. The summed E-state index contributed by atoms with van der Waals surface area (Å²) < 4.78 is 0.669. The number of aromatic nitrogens is 1. The maximum absolute atomic E-state index is 11.9. The Labute approximate surface area is 126 Å². The summed E-state index contributed by atoms with van der Waals surface area (Å²) in [5.41, 5.74) is 5.64. The second-order valence-electron chi connectivity index (χ2n) is 5.39. The normalized spacial score (nSPS) is 11.0. The minimum atomic E-state index is -0.347. The monoisotopic (exact) mass is 342 g/mol. The average molecular weight is 343 g/mol. The van der Waals surface area contributed by atoms with Crippen molar-refractivity contribution < 1.29 is 9.59 Å². The first-order valence-corrected chi connectivity index (χ1v) is 6.98. The predicted octanol–water partition coefficient (Wildman–Crippen LogP) is 1.46. The smallest absolute Gasteiger partial charge is 0.255 e. The summed E-state index contributed by atoms with van der Waals surface area (Å²) in [6.07, 6.45) is 1.73. The van der Waals surface area contributed by atoms with Crippen LogP contribution in [0, 0.1) is 0 Å². The Bertz CT molecular complexity index is 512. The molecule has 2 amide bonds. The van der Waals surface area contributed by atoms with Crippen LogP contribution in [0.1, 0.15) is 37.6 Å². The minimum Gasteiger partial charge on any atom is -0.383 e. The van der Waals surface area contributed by atoms with Crippen molar-refractivity contribution in [2.45, 2.75) is 32.7 Å². The molecule has 0 aromatic carbocycles. The summed E-state index contributed by atoms with van der Waals surface area (Å²) in [5, 5.41) is 5.46. The topological polar surface area (TPSA) is 97.1 Å². The Morgan fingerprint density at radius 2 is 2.05 bits per heavy atom. The van der Waals surface area contributed by atoms with Crippen molar-refractivity contribution in [1.29, 1.82) is 0 Å². The molecule has 0 radical (unpaired) electrons. The molecule has 20 heavy (non-hydrogen) atoms. The van der Waals surface area contributed by atoms with Crippen LogP contribution >= 0.6 is 15.9 Å². The van der Waals surface area contributed by atoms with Crippen molar-refractivity contribution in [2.75, 3.05) is 12.3 Å². The highest BCUT2D eigenvalue weighted by Crippen LogP contribution is 2.15. The maximum Gasteiger partial charge on any atom is 0.255 e. The van der Waals surface area contributed by atoms with Crippen molar-refractivity contribution in [2.24, 2.45) is 0 Å². The Kier molecular flexibility index (Phi) is 5.50. The lowest BCUT2D eigenvalue weighted by molar-refractivity contribution is -0.122. The van der Waals surface area contributed by atoms with Crippen LogP contribution in [-0.2, 0) is 4.79 Å². The summed E-state index contributed by atoms with van der Waals surface area (Å²) in [5.74, 6) is -0.303. The van der Waals surface area contributed by atoms with E-state index in [1.807, 2.05) is 20.8 Å². The molecule has 0 unspecified atom stereocenters. The maximum atomic E-state index is 11.9. The molecule has 1 rings (SSSR count). The van der Waals surface area contributed by atoms with E-state index in [-0.39, 0.29) is 41.7 Å². The number of carbonyl (C=O) groups is 2. The molecule has 0 saturated heterocycles. The van der Waals surface area contributed by atoms with Crippen LogP contribution in [-0.4, -0.2) is 28.9 Å². The van der Waals surface area contributed by atoms with Crippen molar-refractivity contribution in [1.82, 2.24) is 15.6 Å². The SMILES string of the molecule is CC(C)(C)NC(=O)CCNC(=O)c1cc(Br)cnc1N. The first-order chi connectivity index (χ1) is 9.19. The van der Waals surface area contributed by atoms with Gasteiger partial charge in [0.15, 0.2) is 0 Å². The van der Waals surface area contributed by atoms with E-state index in [1.54, 1.807) is 6.07 Å². The van der Waals surface area contributed by atoms with Gasteiger partial charge in [-0.25, -0.2) is 4.98 Å². The van der Waals surface area contributed by atoms with Crippen LogP contribution in [0.2, 0.25) is 0 Å². The van der Waals surface area contributed by atoms with E-state index >= 15 is 0 Å². The average Bonchev–Trinajstić information content (AvgIpc) is 2.29. The van der Waals surface area contributed by atoms with Gasteiger partial charge < -0.3 is 16.4 Å². The Hall–Kier alpha value is -1.63. The van der Waals surface area contributed by atoms with E-state index in [4.69, 9.17) is 5.73 Å². The number of anilines is 1. The van der Waals surface area contributed by atoms with Crippen molar-refractivity contribution >= 4 is 33.6 Å². The summed E-state index contributed by atoms with van der Waals surface area (Å²) in [4.78, 5) is 27.4. The van der Waals surface area contributed by atoms with E-state index in [1.165, 1.54) is 6.20 Å². The van der Waals surface area contributed by atoms with Crippen LogP contribution in [0.5, 0.6) is 0 Å². The molecule has 0 atom stereocenters. The molecule has 6 nitrogen and oxygen atoms in total. The molecule has 0 saturated carbocycles. The molecule has 0 spiro atoms. The number of pyridine rings is 1. The van der Waals surface area contributed by atoms with Gasteiger partial charge in [-0.05, 0) is 42.8 Å². The van der Waals surface area contributed by atoms with Crippen molar-refractivity contribution in [3.05, 3.63) is 22.3 Å². The van der Waals surface area contributed by atoms with Crippen LogP contribution in [0.3, 0.4) is 0 Å². The second kappa shape index (κ2) is 6.69. The summed E-state index contributed by atoms with van der Waals surface area (Å²) in [6.45, 7) is 5.94. The molecule has 0 fully saturated rings. The molecule has 0 bridgehead atoms.